The van der Waals surface area contributed by atoms with Gasteiger partial charge in [-0.05, 0) is 5.57 Å². The first-order chi connectivity index (χ1) is 4.86. The van der Waals surface area contributed by atoms with Gasteiger partial charge in [0.1, 0.15) is 0 Å². The second-order valence-corrected chi connectivity index (χ2v) is 2.07. The molecule has 50 valence electrons. The van der Waals surface area contributed by atoms with Crippen molar-refractivity contribution < 1.29 is 4.79 Å². The zero-order valence-electron chi connectivity index (χ0n) is 5.62. The van der Waals surface area contributed by atoms with Gasteiger partial charge < -0.3 is 5.53 Å². The lowest BCUT2D eigenvalue weighted by atomic mass is 10.0. The van der Waals surface area contributed by atoms with Crippen LogP contribution in [0.25, 0.3) is 5.53 Å². The summed E-state index contributed by atoms with van der Waals surface area (Å²) in [6, 6.07) is 0. The summed E-state index contributed by atoms with van der Waals surface area (Å²) in [7, 11) is 0. The van der Waals surface area contributed by atoms with Crippen LogP contribution in [0.1, 0.15) is 6.42 Å². The second kappa shape index (κ2) is 2.95. The molecule has 0 N–H and O–H groups in total. The Labute approximate surface area is 59.8 Å². The number of rotatable bonds is 1. The Kier molecular flexibility index (Phi) is 1.98. The highest BCUT2D eigenvalue weighted by Gasteiger charge is 2.07. The lowest BCUT2D eigenvalue weighted by Crippen LogP contribution is -1.99. The largest absolute Gasteiger partial charge is 0.361 e. The Morgan fingerprint density at radius 1 is 1.70 bits per heavy atom. The molecule has 1 aliphatic rings. The number of nitrogens with zero attached hydrogens (tertiary/aromatic N) is 2. The van der Waals surface area contributed by atoms with E-state index in [0.29, 0.717) is 12.1 Å². The molecule has 0 amide bonds. The van der Waals surface area contributed by atoms with Crippen molar-refractivity contribution in [3.63, 3.8) is 0 Å². The first kappa shape index (κ1) is 6.72. The maximum Gasteiger partial charge on any atom is 0.296 e. The van der Waals surface area contributed by atoms with Gasteiger partial charge >= 0.3 is 0 Å². The Morgan fingerprint density at radius 3 is 3.10 bits per heavy atom. The molecule has 2 nitrogen and oxygen atoms in total. The lowest BCUT2D eigenvalue weighted by molar-refractivity contribution is -0.00552. The van der Waals surface area contributed by atoms with E-state index in [9.17, 15) is 0 Å². The average molecular weight is 132 g/mol. The molecule has 0 aromatic rings. The minimum absolute atomic E-state index is 0.677. The first-order valence-corrected chi connectivity index (χ1v) is 3.07. The van der Waals surface area contributed by atoms with Crippen LogP contribution in [0.15, 0.2) is 36.5 Å². The molecule has 1 rings (SSSR count). The van der Waals surface area contributed by atoms with E-state index in [1.165, 1.54) is 0 Å². The predicted octanol–water partition coefficient (Wildman–Crippen LogP) is 1.73. The third-order valence-electron chi connectivity index (χ3n) is 1.37. The fourth-order valence-corrected chi connectivity index (χ4v) is 0.819. The minimum Gasteiger partial charge on any atom is -0.361 e. The van der Waals surface area contributed by atoms with E-state index >= 15 is 0 Å². The van der Waals surface area contributed by atoms with Crippen molar-refractivity contribution in [3.05, 3.63) is 42.0 Å². The molecule has 0 unspecified atom stereocenters. The van der Waals surface area contributed by atoms with E-state index in [2.05, 4.69) is 11.4 Å². The highest BCUT2D eigenvalue weighted by Crippen LogP contribution is 2.08. The maximum atomic E-state index is 8.38. The van der Waals surface area contributed by atoms with Gasteiger partial charge in [-0.15, -0.1) is 0 Å². The summed E-state index contributed by atoms with van der Waals surface area (Å²) in [6.07, 6.45) is 8.00. The van der Waals surface area contributed by atoms with E-state index < -0.39 is 0 Å². The van der Waals surface area contributed by atoms with Crippen LogP contribution >= 0.6 is 0 Å². The van der Waals surface area contributed by atoms with Crippen molar-refractivity contribution in [2.45, 2.75) is 6.42 Å². The maximum absolute atomic E-state index is 8.38. The Hall–Kier alpha value is -1.40. The highest BCUT2D eigenvalue weighted by atomic mass is 14.8. The van der Waals surface area contributed by atoms with E-state index in [0.717, 1.165) is 5.57 Å². The third kappa shape index (κ3) is 1.30. The molecule has 0 aliphatic heterocycles. The normalized spacial score (nSPS) is 16.0. The van der Waals surface area contributed by atoms with Gasteiger partial charge in [0.25, 0.3) is 5.71 Å². The zero-order chi connectivity index (χ0) is 7.40. The SMILES string of the molecule is C=CC1=CC=CC(=[N+]=[N-])C1. The van der Waals surface area contributed by atoms with Gasteiger partial charge in [0.15, 0.2) is 0 Å². The van der Waals surface area contributed by atoms with Crippen LogP contribution in [-0.4, -0.2) is 10.5 Å². The van der Waals surface area contributed by atoms with E-state index in [1.807, 2.05) is 12.2 Å². The molecule has 0 aromatic carbocycles. The molecule has 10 heavy (non-hydrogen) atoms. The van der Waals surface area contributed by atoms with Crippen LogP contribution in [-0.2, 0) is 0 Å². The predicted molar refractivity (Wildman–Crippen MR) is 40.7 cm³/mol. The fourth-order valence-electron chi connectivity index (χ4n) is 0.819. The molecular weight excluding hydrogens is 124 g/mol. The molecule has 0 bridgehead atoms. The molecule has 0 aromatic heterocycles. The summed E-state index contributed by atoms with van der Waals surface area (Å²) in [4.78, 5) is 3.09. The van der Waals surface area contributed by atoms with Gasteiger partial charge in [-0.3, -0.25) is 0 Å². The number of hydrogen-bond acceptors (Lipinski definition) is 0. The van der Waals surface area contributed by atoms with Gasteiger partial charge in [-0.2, -0.15) is 4.79 Å². The van der Waals surface area contributed by atoms with Crippen LogP contribution < -0.4 is 0 Å². The van der Waals surface area contributed by atoms with Gasteiger partial charge in [0.2, 0.25) is 0 Å². The van der Waals surface area contributed by atoms with Gasteiger partial charge in [-0.25, -0.2) is 0 Å². The molecule has 0 atom stereocenters. The van der Waals surface area contributed by atoms with Crippen molar-refractivity contribution >= 4 is 5.71 Å². The minimum atomic E-state index is 0.677. The summed E-state index contributed by atoms with van der Waals surface area (Å²) in [5, 5.41) is 0. The standard InChI is InChI=1S/C8H8N2/c1-2-7-4-3-5-8(6-7)10-9/h2-5H,1,6H2. The average Bonchev–Trinajstić information content (AvgIpc) is 2.05. The molecule has 0 saturated carbocycles. The van der Waals surface area contributed by atoms with Crippen LogP contribution in [0.5, 0.6) is 0 Å². The Morgan fingerprint density at radius 2 is 2.50 bits per heavy atom. The molecular formula is C8H8N2. The van der Waals surface area contributed by atoms with Crippen molar-refractivity contribution in [3.8, 4) is 0 Å². The third-order valence-corrected chi connectivity index (χ3v) is 1.37. The smallest absolute Gasteiger partial charge is 0.296 e. The van der Waals surface area contributed by atoms with Crippen molar-refractivity contribution in [2.24, 2.45) is 0 Å². The van der Waals surface area contributed by atoms with E-state index in [4.69, 9.17) is 5.53 Å². The molecule has 0 heterocycles. The summed E-state index contributed by atoms with van der Waals surface area (Å²) in [5.41, 5.74) is 10.1. The molecule has 0 radical (unpaired) electrons. The van der Waals surface area contributed by atoms with Crippen molar-refractivity contribution in [2.75, 3.05) is 0 Å². The van der Waals surface area contributed by atoms with E-state index in [-0.39, 0.29) is 0 Å². The van der Waals surface area contributed by atoms with Crippen LogP contribution in [0.4, 0.5) is 0 Å². The van der Waals surface area contributed by atoms with Crippen molar-refractivity contribution in [1.82, 2.24) is 0 Å². The Bertz CT molecular complexity index is 252. The van der Waals surface area contributed by atoms with Gasteiger partial charge in [-0.1, -0.05) is 24.8 Å². The summed E-state index contributed by atoms with van der Waals surface area (Å²) in [5.74, 6) is 0. The van der Waals surface area contributed by atoms with Crippen LogP contribution in [0, 0.1) is 0 Å². The lowest BCUT2D eigenvalue weighted by Gasteiger charge is -1.97. The van der Waals surface area contributed by atoms with Crippen LogP contribution in [0.2, 0.25) is 0 Å². The summed E-state index contributed by atoms with van der Waals surface area (Å²) in [6.45, 7) is 3.61. The Balaban J connectivity index is 2.87. The van der Waals surface area contributed by atoms with Crippen LogP contribution in [0.3, 0.4) is 0 Å². The summed E-state index contributed by atoms with van der Waals surface area (Å²) < 4.78 is 0. The number of hydrogen-bond donors (Lipinski definition) is 0. The first-order valence-electron chi connectivity index (χ1n) is 3.07. The quantitative estimate of drug-likeness (QED) is 0.385. The molecule has 2 heteroatoms. The molecule has 0 fully saturated rings. The highest BCUT2D eigenvalue weighted by molar-refractivity contribution is 5.93. The molecule has 1 aliphatic carbocycles. The monoisotopic (exact) mass is 132 g/mol. The van der Waals surface area contributed by atoms with Crippen molar-refractivity contribution in [1.29, 1.82) is 0 Å². The topological polar surface area (TPSA) is 36.4 Å². The summed E-state index contributed by atoms with van der Waals surface area (Å²) >= 11 is 0. The second-order valence-electron chi connectivity index (χ2n) is 2.07. The van der Waals surface area contributed by atoms with Gasteiger partial charge in [0, 0.05) is 6.08 Å². The number of allylic oxidation sites excluding steroid dienone is 5. The van der Waals surface area contributed by atoms with E-state index in [1.54, 1.807) is 12.2 Å². The zero-order valence-corrected chi connectivity index (χ0v) is 5.62. The van der Waals surface area contributed by atoms with Gasteiger partial charge in [0.05, 0.1) is 6.42 Å². The molecule has 0 spiro atoms. The molecule has 0 saturated heterocycles. The fraction of sp³-hybridized carbons (Fsp3) is 0.125.